The molecule has 0 aromatic heterocycles. The van der Waals surface area contributed by atoms with Crippen molar-refractivity contribution < 1.29 is 17.9 Å². The highest BCUT2D eigenvalue weighted by molar-refractivity contribution is 14.0. The number of nitrogens with one attached hydrogen (secondary N) is 2. The van der Waals surface area contributed by atoms with Crippen molar-refractivity contribution in [1.82, 2.24) is 20.4 Å². The van der Waals surface area contributed by atoms with Gasteiger partial charge in [-0.05, 0) is 32.7 Å². The van der Waals surface area contributed by atoms with Crippen LogP contribution in [0.2, 0.25) is 0 Å². The molecule has 0 amide bonds. The molecule has 2 rings (SSSR count). The van der Waals surface area contributed by atoms with Crippen LogP contribution in [0.1, 0.15) is 20.3 Å². The molecule has 0 saturated carbocycles. The summed E-state index contributed by atoms with van der Waals surface area (Å²) >= 11 is 0. The van der Waals surface area contributed by atoms with E-state index in [9.17, 15) is 13.2 Å². The molecule has 0 bridgehead atoms. The number of alkyl halides is 3. The number of hydrogen-bond acceptors (Lipinski definition) is 4. The van der Waals surface area contributed by atoms with Crippen LogP contribution in [-0.2, 0) is 4.74 Å². The van der Waals surface area contributed by atoms with Crippen LogP contribution in [0.3, 0.4) is 0 Å². The van der Waals surface area contributed by atoms with E-state index in [1.165, 1.54) is 4.90 Å². The van der Waals surface area contributed by atoms with Crippen molar-refractivity contribution in [2.75, 3.05) is 66.1 Å². The molecule has 1 unspecified atom stereocenters. The second-order valence-corrected chi connectivity index (χ2v) is 7.72. The molecular weight excluding hydrogens is 474 g/mol. The molecule has 2 aliphatic rings. The number of rotatable bonds is 6. The van der Waals surface area contributed by atoms with Crippen LogP contribution in [0.15, 0.2) is 4.99 Å². The van der Waals surface area contributed by atoms with Crippen molar-refractivity contribution >= 4 is 29.9 Å². The molecule has 2 heterocycles. The summed E-state index contributed by atoms with van der Waals surface area (Å²) in [6.07, 6.45) is -3.34. The van der Waals surface area contributed by atoms with E-state index in [-0.39, 0.29) is 35.4 Å². The van der Waals surface area contributed by atoms with E-state index in [1.54, 1.807) is 7.05 Å². The van der Waals surface area contributed by atoms with Crippen LogP contribution in [0.5, 0.6) is 0 Å². The Hall–Kier alpha value is -0.330. The van der Waals surface area contributed by atoms with E-state index in [0.717, 1.165) is 39.3 Å². The van der Waals surface area contributed by atoms with Gasteiger partial charge < -0.3 is 15.4 Å². The van der Waals surface area contributed by atoms with Gasteiger partial charge in [0, 0.05) is 45.3 Å². The SMILES string of the molecule is CN=C(NCC1CCN(CC(F)(F)F)C1)NCC(C)(C)N1CCOCC1.I. The number of nitrogens with zero attached hydrogens (tertiary/aromatic N) is 3. The number of likely N-dealkylation sites (tertiary alicyclic amines) is 1. The minimum Gasteiger partial charge on any atom is -0.379 e. The monoisotopic (exact) mass is 507 g/mol. The first-order chi connectivity index (χ1) is 12.2. The summed E-state index contributed by atoms with van der Waals surface area (Å²) in [6.45, 7) is 9.24. The maximum absolute atomic E-state index is 12.5. The zero-order valence-corrected chi connectivity index (χ0v) is 18.8. The van der Waals surface area contributed by atoms with Gasteiger partial charge in [0.15, 0.2) is 5.96 Å². The highest BCUT2D eigenvalue weighted by Crippen LogP contribution is 2.22. The quantitative estimate of drug-likeness (QED) is 0.326. The Balaban J connectivity index is 0.00000364. The summed E-state index contributed by atoms with van der Waals surface area (Å²) in [6, 6.07) is 0. The summed E-state index contributed by atoms with van der Waals surface area (Å²) in [5, 5.41) is 6.60. The number of hydrogen-bond donors (Lipinski definition) is 2. The fourth-order valence-electron chi connectivity index (χ4n) is 3.52. The fraction of sp³-hybridized carbons (Fsp3) is 0.941. The van der Waals surface area contributed by atoms with Crippen LogP contribution in [-0.4, -0.2) is 93.5 Å². The fourth-order valence-corrected chi connectivity index (χ4v) is 3.52. The van der Waals surface area contributed by atoms with Crippen molar-refractivity contribution in [3.05, 3.63) is 0 Å². The van der Waals surface area contributed by atoms with Gasteiger partial charge in [-0.1, -0.05) is 0 Å². The standard InChI is InChI=1S/C17H32F3N5O.HI/c1-16(2,25-6-8-26-9-7-25)12-23-15(21-3)22-10-14-4-5-24(11-14)13-17(18,19)20;/h14H,4-13H2,1-3H3,(H2,21,22,23);1H. The van der Waals surface area contributed by atoms with E-state index in [1.807, 2.05) is 0 Å². The lowest BCUT2D eigenvalue weighted by molar-refractivity contribution is -0.143. The highest BCUT2D eigenvalue weighted by atomic mass is 127. The molecule has 0 spiro atoms. The average molecular weight is 507 g/mol. The minimum absolute atomic E-state index is 0. The van der Waals surface area contributed by atoms with Crippen molar-refractivity contribution in [2.24, 2.45) is 10.9 Å². The number of guanidine groups is 1. The van der Waals surface area contributed by atoms with Gasteiger partial charge in [-0.15, -0.1) is 24.0 Å². The number of aliphatic imine (C=N–C) groups is 1. The second-order valence-electron chi connectivity index (χ2n) is 7.72. The first-order valence-electron chi connectivity index (χ1n) is 9.26. The van der Waals surface area contributed by atoms with Crippen molar-refractivity contribution in [3.63, 3.8) is 0 Å². The molecule has 0 radical (unpaired) electrons. The van der Waals surface area contributed by atoms with Gasteiger partial charge in [0.25, 0.3) is 0 Å². The number of ether oxygens (including phenoxy) is 1. The van der Waals surface area contributed by atoms with E-state index in [0.29, 0.717) is 25.6 Å². The Labute approximate surface area is 177 Å². The Morgan fingerprint density at radius 2 is 1.81 bits per heavy atom. The summed E-state index contributed by atoms with van der Waals surface area (Å²) in [7, 11) is 1.71. The summed E-state index contributed by atoms with van der Waals surface area (Å²) < 4.78 is 42.8. The zero-order valence-electron chi connectivity index (χ0n) is 16.4. The molecule has 2 saturated heterocycles. The van der Waals surface area contributed by atoms with E-state index < -0.39 is 12.7 Å². The van der Waals surface area contributed by atoms with Gasteiger partial charge in [-0.3, -0.25) is 14.8 Å². The summed E-state index contributed by atoms with van der Waals surface area (Å²) in [5.74, 6) is 0.906. The molecule has 10 heteroatoms. The normalized spacial score (nSPS) is 23.2. The second kappa shape index (κ2) is 11.0. The molecule has 2 fully saturated rings. The Kier molecular flexibility index (Phi) is 10.1. The first kappa shape index (κ1) is 24.7. The lowest BCUT2D eigenvalue weighted by atomic mass is 10.0. The Morgan fingerprint density at radius 3 is 2.41 bits per heavy atom. The molecule has 2 aliphatic heterocycles. The van der Waals surface area contributed by atoms with E-state index >= 15 is 0 Å². The van der Waals surface area contributed by atoms with Crippen LogP contribution < -0.4 is 10.6 Å². The third-order valence-electron chi connectivity index (χ3n) is 5.11. The molecule has 0 aliphatic carbocycles. The van der Waals surface area contributed by atoms with Gasteiger partial charge in [-0.2, -0.15) is 13.2 Å². The Bertz CT molecular complexity index is 470. The van der Waals surface area contributed by atoms with Crippen LogP contribution >= 0.6 is 24.0 Å². The largest absolute Gasteiger partial charge is 0.401 e. The summed E-state index contributed by atoms with van der Waals surface area (Å²) in [5.41, 5.74) is -0.0295. The molecule has 0 aromatic carbocycles. The zero-order chi connectivity index (χ0) is 19.2. The van der Waals surface area contributed by atoms with Gasteiger partial charge in [0.05, 0.1) is 19.8 Å². The third-order valence-corrected chi connectivity index (χ3v) is 5.11. The Morgan fingerprint density at radius 1 is 1.15 bits per heavy atom. The number of morpholine rings is 1. The number of halogens is 4. The smallest absolute Gasteiger partial charge is 0.379 e. The molecule has 27 heavy (non-hydrogen) atoms. The van der Waals surface area contributed by atoms with Crippen LogP contribution in [0.25, 0.3) is 0 Å². The lowest BCUT2D eigenvalue weighted by Crippen LogP contribution is -2.56. The maximum atomic E-state index is 12.5. The van der Waals surface area contributed by atoms with Crippen LogP contribution in [0, 0.1) is 5.92 Å². The predicted octanol–water partition coefficient (Wildman–Crippen LogP) is 1.76. The molecule has 0 aromatic rings. The molecule has 160 valence electrons. The van der Waals surface area contributed by atoms with Crippen molar-refractivity contribution in [3.8, 4) is 0 Å². The third kappa shape index (κ3) is 8.70. The molecule has 1 atom stereocenters. The molecular formula is C17H33F3IN5O. The van der Waals surface area contributed by atoms with Crippen molar-refractivity contribution in [1.29, 1.82) is 0 Å². The topological polar surface area (TPSA) is 52.1 Å². The summed E-state index contributed by atoms with van der Waals surface area (Å²) in [4.78, 5) is 8.10. The van der Waals surface area contributed by atoms with Crippen molar-refractivity contribution in [2.45, 2.75) is 32.0 Å². The minimum atomic E-state index is -4.12. The van der Waals surface area contributed by atoms with Gasteiger partial charge in [-0.25, -0.2) is 0 Å². The average Bonchev–Trinajstić information content (AvgIpc) is 3.01. The maximum Gasteiger partial charge on any atom is 0.401 e. The van der Waals surface area contributed by atoms with E-state index in [4.69, 9.17) is 4.74 Å². The van der Waals surface area contributed by atoms with Gasteiger partial charge in [0.1, 0.15) is 0 Å². The van der Waals surface area contributed by atoms with Crippen LogP contribution in [0.4, 0.5) is 13.2 Å². The lowest BCUT2D eigenvalue weighted by Gasteiger charge is -2.41. The molecule has 2 N–H and O–H groups in total. The molecule has 6 nitrogen and oxygen atoms in total. The van der Waals surface area contributed by atoms with Gasteiger partial charge >= 0.3 is 6.18 Å². The predicted molar refractivity (Wildman–Crippen MR) is 112 cm³/mol. The van der Waals surface area contributed by atoms with Gasteiger partial charge in [0.2, 0.25) is 0 Å². The highest BCUT2D eigenvalue weighted by Gasteiger charge is 2.34. The first-order valence-corrected chi connectivity index (χ1v) is 9.26. The van der Waals surface area contributed by atoms with E-state index in [2.05, 4.69) is 34.4 Å².